The highest BCUT2D eigenvalue weighted by Crippen LogP contribution is 2.35. The summed E-state index contributed by atoms with van der Waals surface area (Å²) in [5.74, 6) is -0.00301. The number of ether oxygens (including phenoxy) is 1. The number of benzene rings is 2. The third-order valence-electron chi connectivity index (χ3n) is 3.41. The number of anilines is 1. The molecule has 8 heteroatoms. The van der Waals surface area contributed by atoms with E-state index < -0.39 is 21.8 Å². The zero-order chi connectivity index (χ0) is 18.0. The van der Waals surface area contributed by atoms with Crippen molar-refractivity contribution in [1.29, 1.82) is 0 Å². The average Bonchev–Trinajstić information content (AvgIpc) is 2.53. The van der Waals surface area contributed by atoms with Gasteiger partial charge in [0.15, 0.2) is 0 Å². The van der Waals surface area contributed by atoms with Gasteiger partial charge in [0.25, 0.3) is 10.0 Å². The summed E-state index contributed by atoms with van der Waals surface area (Å²) in [6, 6.07) is 8.71. The Balaban J connectivity index is 2.40. The van der Waals surface area contributed by atoms with Gasteiger partial charge in [-0.25, -0.2) is 8.42 Å². The number of aryl methyl sites for hydroxylation is 1. The van der Waals surface area contributed by atoms with Gasteiger partial charge in [0.1, 0.15) is 5.75 Å². The van der Waals surface area contributed by atoms with Crippen molar-refractivity contribution in [3.63, 3.8) is 0 Å². The molecule has 4 nitrogen and oxygen atoms in total. The molecule has 2 aromatic rings. The second-order valence-electron chi connectivity index (χ2n) is 5.02. The molecule has 0 aliphatic heterocycles. The normalized spacial score (nSPS) is 12.0. The fraction of sp³-hybridized carbons (Fsp3) is 0.250. The third-order valence-corrected chi connectivity index (χ3v) is 4.79. The van der Waals surface area contributed by atoms with Crippen molar-refractivity contribution in [1.82, 2.24) is 0 Å². The molecule has 0 aromatic heterocycles. The minimum absolute atomic E-state index is 0.00301. The average molecular weight is 359 g/mol. The molecule has 0 bridgehead atoms. The zero-order valence-electron chi connectivity index (χ0n) is 13.0. The summed E-state index contributed by atoms with van der Waals surface area (Å²) in [6.07, 6.45) is -3.84. The monoisotopic (exact) mass is 359 g/mol. The molecule has 0 fully saturated rings. The van der Waals surface area contributed by atoms with E-state index >= 15 is 0 Å². The minimum atomic E-state index is -4.59. The van der Waals surface area contributed by atoms with Gasteiger partial charge in [-0.1, -0.05) is 19.1 Å². The quantitative estimate of drug-likeness (QED) is 0.875. The maximum absolute atomic E-state index is 12.8. The van der Waals surface area contributed by atoms with Gasteiger partial charge in [-0.15, -0.1) is 0 Å². The number of hydrogen-bond acceptors (Lipinski definition) is 3. The number of hydrogen-bond donors (Lipinski definition) is 1. The summed E-state index contributed by atoms with van der Waals surface area (Å²) in [5, 5.41) is 0. The van der Waals surface area contributed by atoms with Crippen LogP contribution in [-0.4, -0.2) is 15.5 Å². The van der Waals surface area contributed by atoms with Gasteiger partial charge in [0.05, 0.1) is 23.3 Å². The molecule has 2 rings (SSSR count). The highest BCUT2D eigenvalue weighted by molar-refractivity contribution is 7.92. The molecule has 0 amide bonds. The van der Waals surface area contributed by atoms with Crippen molar-refractivity contribution in [2.75, 3.05) is 11.8 Å². The number of sulfonamides is 1. The second kappa shape index (κ2) is 6.72. The molecule has 130 valence electrons. The lowest BCUT2D eigenvalue weighted by molar-refractivity contribution is -0.137. The Morgan fingerprint density at radius 1 is 1.08 bits per heavy atom. The molecule has 24 heavy (non-hydrogen) atoms. The third kappa shape index (κ3) is 4.00. The molecule has 0 heterocycles. The number of nitrogens with one attached hydrogen (secondary N) is 1. The summed E-state index contributed by atoms with van der Waals surface area (Å²) >= 11 is 0. The lowest BCUT2D eigenvalue weighted by Crippen LogP contribution is -2.15. The number of rotatable bonds is 5. The minimum Gasteiger partial charge on any atom is -0.495 e. The SMILES string of the molecule is CCc1ccc(S(=O)(=O)Nc2cc(C(F)(F)F)ccc2OC)cc1. The Hall–Kier alpha value is -2.22. The predicted molar refractivity (Wildman–Crippen MR) is 84.6 cm³/mol. The zero-order valence-corrected chi connectivity index (χ0v) is 13.8. The van der Waals surface area contributed by atoms with E-state index in [1.807, 2.05) is 6.92 Å². The first-order valence-electron chi connectivity index (χ1n) is 7.04. The maximum Gasteiger partial charge on any atom is 0.416 e. The first-order chi connectivity index (χ1) is 11.2. The Morgan fingerprint density at radius 2 is 1.71 bits per heavy atom. The van der Waals surface area contributed by atoms with Crippen molar-refractivity contribution in [2.24, 2.45) is 0 Å². The Bertz CT molecular complexity index is 815. The first kappa shape index (κ1) is 18.1. The molecule has 0 aliphatic rings. The van der Waals surface area contributed by atoms with Crippen LogP contribution in [-0.2, 0) is 22.6 Å². The van der Waals surface area contributed by atoms with Crippen LogP contribution < -0.4 is 9.46 Å². The second-order valence-corrected chi connectivity index (χ2v) is 6.70. The summed E-state index contributed by atoms with van der Waals surface area (Å²) in [4.78, 5) is -0.0424. The van der Waals surface area contributed by atoms with Crippen LogP contribution in [0.3, 0.4) is 0 Å². The predicted octanol–water partition coefficient (Wildman–Crippen LogP) is 4.08. The van der Waals surface area contributed by atoms with Crippen molar-refractivity contribution < 1.29 is 26.3 Å². The van der Waals surface area contributed by atoms with Crippen LogP contribution in [0.15, 0.2) is 47.4 Å². The topological polar surface area (TPSA) is 55.4 Å². The van der Waals surface area contributed by atoms with Crippen LogP contribution in [0.4, 0.5) is 18.9 Å². The number of methoxy groups -OCH3 is 1. The van der Waals surface area contributed by atoms with Gasteiger partial charge in [0.2, 0.25) is 0 Å². The van der Waals surface area contributed by atoms with Crippen molar-refractivity contribution >= 4 is 15.7 Å². The molecule has 0 spiro atoms. The van der Waals surface area contributed by atoms with Gasteiger partial charge in [-0.2, -0.15) is 13.2 Å². The summed E-state index contributed by atoms with van der Waals surface area (Å²) in [5.41, 5.74) is -0.292. The molecular formula is C16H16F3NO3S. The standard InChI is InChI=1S/C16H16F3NO3S/c1-3-11-4-7-13(8-5-11)24(21,22)20-14-10-12(16(17,18)19)6-9-15(14)23-2/h4-10,20H,3H2,1-2H3. The van der Waals surface area contributed by atoms with E-state index in [0.29, 0.717) is 6.07 Å². The van der Waals surface area contributed by atoms with Crippen LogP contribution in [0.2, 0.25) is 0 Å². The van der Waals surface area contributed by atoms with Crippen molar-refractivity contribution in [3.8, 4) is 5.75 Å². The Kier molecular flexibility index (Phi) is 5.08. The molecule has 0 radical (unpaired) electrons. The van der Waals surface area contributed by atoms with Gasteiger partial charge in [0, 0.05) is 0 Å². The van der Waals surface area contributed by atoms with Crippen LogP contribution in [0, 0.1) is 0 Å². The van der Waals surface area contributed by atoms with Crippen LogP contribution in [0.1, 0.15) is 18.1 Å². The number of alkyl halides is 3. The largest absolute Gasteiger partial charge is 0.495 e. The van der Waals surface area contributed by atoms with E-state index in [9.17, 15) is 21.6 Å². The molecular weight excluding hydrogens is 343 g/mol. The molecule has 0 saturated heterocycles. The lowest BCUT2D eigenvalue weighted by Gasteiger charge is -2.15. The summed E-state index contributed by atoms with van der Waals surface area (Å²) in [7, 11) is -2.78. The lowest BCUT2D eigenvalue weighted by atomic mass is 10.2. The van der Waals surface area contributed by atoms with Gasteiger partial charge in [-0.3, -0.25) is 4.72 Å². The van der Waals surface area contributed by atoms with Gasteiger partial charge < -0.3 is 4.74 Å². The van der Waals surface area contributed by atoms with Gasteiger partial charge >= 0.3 is 6.18 Å². The van der Waals surface area contributed by atoms with Crippen LogP contribution in [0.5, 0.6) is 5.75 Å². The molecule has 0 unspecified atom stereocenters. The Labute approximate surface area is 138 Å². The molecule has 0 atom stereocenters. The van der Waals surface area contributed by atoms with Crippen molar-refractivity contribution in [3.05, 3.63) is 53.6 Å². The summed E-state index contributed by atoms with van der Waals surface area (Å²) < 4.78 is 70.3. The fourth-order valence-electron chi connectivity index (χ4n) is 2.07. The van der Waals surface area contributed by atoms with Crippen LogP contribution >= 0.6 is 0 Å². The van der Waals surface area contributed by atoms with E-state index in [-0.39, 0.29) is 16.3 Å². The van der Waals surface area contributed by atoms with E-state index in [2.05, 4.69) is 4.72 Å². The van der Waals surface area contributed by atoms with E-state index in [0.717, 1.165) is 24.1 Å². The number of halogens is 3. The van der Waals surface area contributed by atoms with E-state index in [4.69, 9.17) is 4.74 Å². The fourth-order valence-corrected chi connectivity index (χ4v) is 3.13. The van der Waals surface area contributed by atoms with Crippen molar-refractivity contribution in [2.45, 2.75) is 24.4 Å². The van der Waals surface area contributed by atoms with Crippen LogP contribution in [0.25, 0.3) is 0 Å². The first-order valence-corrected chi connectivity index (χ1v) is 8.52. The van der Waals surface area contributed by atoms with Gasteiger partial charge in [-0.05, 0) is 42.3 Å². The summed E-state index contributed by atoms with van der Waals surface area (Å²) in [6.45, 7) is 1.93. The molecule has 0 aliphatic carbocycles. The molecule has 0 saturated carbocycles. The molecule has 2 aromatic carbocycles. The smallest absolute Gasteiger partial charge is 0.416 e. The Morgan fingerprint density at radius 3 is 2.21 bits per heavy atom. The maximum atomic E-state index is 12.8. The molecule has 1 N–H and O–H groups in total. The van der Waals surface area contributed by atoms with E-state index in [1.165, 1.54) is 19.2 Å². The highest BCUT2D eigenvalue weighted by atomic mass is 32.2. The van der Waals surface area contributed by atoms with E-state index in [1.54, 1.807) is 12.1 Å². The highest BCUT2D eigenvalue weighted by Gasteiger charge is 2.31.